The molecule has 3 aromatic carbocycles. The summed E-state index contributed by atoms with van der Waals surface area (Å²) in [5.41, 5.74) is -0.580. The zero-order valence-corrected chi connectivity index (χ0v) is 23.9. The number of unbranched alkanes of at least 4 members (excludes halogenated alkanes) is 2. The van der Waals surface area contributed by atoms with Crippen LogP contribution in [0, 0.1) is 40.8 Å². The van der Waals surface area contributed by atoms with E-state index in [4.69, 9.17) is 14.2 Å². The molecule has 0 aromatic heterocycles. The lowest BCUT2D eigenvalue weighted by Gasteiger charge is -2.22. The van der Waals surface area contributed by atoms with Crippen LogP contribution in [0.4, 0.5) is 26.3 Å². The Balaban J connectivity index is 1.45. The van der Waals surface area contributed by atoms with E-state index in [1.165, 1.54) is 24.3 Å². The zero-order valence-electron chi connectivity index (χ0n) is 23.9. The lowest BCUT2D eigenvalue weighted by Crippen LogP contribution is -2.23. The van der Waals surface area contributed by atoms with Gasteiger partial charge in [0.2, 0.25) is 17.5 Å². The molecule has 1 atom stereocenters. The van der Waals surface area contributed by atoms with Gasteiger partial charge in [0.25, 0.3) is 0 Å². The van der Waals surface area contributed by atoms with Crippen molar-refractivity contribution in [2.24, 2.45) is 5.92 Å². The lowest BCUT2D eigenvalue weighted by molar-refractivity contribution is -0.139. The second-order valence-electron chi connectivity index (χ2n) is 10.2. The minimum Gasteiger partial charge on any atom is -0.490 e. The molecule has 0 radical (unpaired) electrons. The van der Waals surface area contributed by atoms with Crippen LogP contribution in [0.2, 0.25) is 0 Å². The fraction of sp³-hybridized carbons (Fsp3) is 0.364. The molecule has 0 heterocycles. The quantitative estimate of drug-likeness (QED) is 0.0892. The number of allylic oxidation sites excluding steroid dienone is 2. The van der Waals surface area contributed by atoms with Crippen LogP contribution in [0.1, 0.15) is 64.4 Å². The number of ether oxygens (including phenoxy) is 3. The molecule has 0 saturated heterocycles. The van der Waals surface area contributed by atoms with Crippen molar-refractivity contribution in [3.05, 3.63) is 82.9 Å². The largest absolute Gasteiger partial charge is 0.490 e. The summed E-state index contributed by atoms with van der Waals surface area (Å²) in [5.74, 6) is -10.5. The molecule has 0 aliphatic heterocycles. The van der Waals surface area contributed by atoms with Crippen molar-refractivity contribution in [1.82, 2.24) is 0 Å². The average molecular weight is 607 g/mol. The van der Waals surface area contributed by atoms with Crippen molar-refractivity contribution < 1.29 is 45.3 Å². The number of rotatable bonds is 12. The van der Waals surface area contributed by atoms with E-state index in [1.807, 2.05) is 13.8 Å². The van der Waals surface area contributed by atoms with Crippen LogP contribution in [0.5, 0.6) is 17.2 Å². The second kappa shape index (κ2) is 14.5. The van der Waals surface area contributed by atoms with Gasteiger partial charge in [0.1, 0.15) is 0 Å². The highest BCUT2D eigenvalue weighted by molar-refractivity contribution is 5.78. The molecule has 4 rings (SSSR count). The minimum atomic E-state index is -1.35. The molecule has 0 fully saturated rings. The predicted molar refractivity (Wildman–Crippen MR) is 150 cm³/mol. The SMILES string of the molecule is CCCCOc1ccc(OC(=O)C2CC=C(c3ccc(-c4ccc(OCCCC)c(F)c4F)c(F)c3F)CC2)c(F)c1F. The van der Waals surface area contributed by atoms with Crippen LogP contribution >= 0.6 is 0 Å². The number of carbonyl (C=O) groups excluding carboxylic acids is 1. The van der Waals surface area contributed by atoms with Gasteiger partial charge in [0, 0.05) is 16.7 Å². The van der Waals surface area contributed by atoms with Gasteiger partial charge in [-0.1, -0.05) is 44.9 Å². The Morgan fingerprint density at radius 3 is 1.72 bits per heavy atom. The monoisotopic (exact) mass is 606 g/mol. The Morgan fingerprint density at radius 2 is 1.14 bits per heavy atom. The van der Waals surface area contributed by atoms with Crippen molar-refractivity contribution in [2.75, 3.05) is 13.2 Å². The molecule has 1 unspecified atom stereocenters. The minimum absolute atomic E-state index is 0.0820. The summed E-state index contributed by atoms with van der Waals surface area (Å²) in [6, 6.07) is 7.04. The summed E-state index contributed by atoms with van der Waals surface area (Å²) in [7, 11) is 0. The summed E-state index contributed by atoms with van der Waals surface area (Å²) in [5, 5.41) is 0. The third-order valence-electron chi connectivity index (χ3n) is 7.24. The second-order valence-corrected chi connectivity index (χ2v) is 10.2. The van der Waals surface area contributed by atoms with Crippen molar-refractivity contribution in [1.29, 1.82) is 0 Å². The summed E-state index contributed by atoms with van der Waals surface area (Å²) >= 11 is 0. The van der Waals surface area contributed by atoms with Crippen molar-refractivity contribution in [2.45, 2.75) is 58.8 Å². The van der Waals surface area contributed by atoms with Crippen molar-refractivity contribution >= 4 is 11.5 Å². The first-order chi connectivity index (χ1) is 20.7. The van der Waals surface area contributed by atoms with Crippen LogP contribution in [0.25, 0.3) is 16.7 Å². The lowest BCUT2D eigenvalue weighted by atomic mass is 9.86. The molecule has 0 spiro atoms. The molecule has 1 aliphatic carbocycles. The maximum absolute atomic E-state index is 15.2. The highest BCUT2D eigenvalue weighted by Crippen LogP contribution is 2.38. The smallest absolute Gasteiger partial charge is 0.314 e. The van der Waals surface area contributed by atoms with Gasteiger partial charge in [0.15, 0.2) is 34.7 Å². The van der Waals surface area contributed by atoms with Crippen LogP contribution in [0.15, 0.2) is 42.5 Å². The van der Waals surface area contributed by atoms with Gasteiger partial charge in [-0.05, 0) is 61.9 Å². The van der Waals surface area contributed by atoms with Crippen molar-refractivity contribution in [3.63, 3.8) is 0 Å². The first-order valence-corrected chi connectivity index (χ1v) is 14.3. The molecule has 0 bridgehead atoms. The third-order valence-corrected chi connectivity index (χ3v) is 7.24. The molecule has 230 valence electrons. The van der Waals surface area contributed by atoms with Crippen LogP contribution in [0.3, 0.4) is 0 Å². The molecule has 3 aromatic rings. The van der Waals surface area contributed by atoms with Crippen LogP contribution in [-0.4, -0.2) is 19.2 Å². The number of benzene rings is 3. The Hall–Kier alpha value is -3.95. The molecule has 43 heavy (non-hydrogen) atoms. The Morgan fingerprint density at radius 1 is 0.674 bits per heavy atom. The first kappa shape index (κ1) is 32.0. The van der Waals surface area contributed by atoms with E-state index in [1.54, 1.807) is 0 Å². The number of hydrogen-bond donors (Lipinski definition) is 0. The molecule has 4 nitrogen and oxygen atoms in total. The molecule has 1 aliphatic rings. The molecule has 10 heteroatoms. The predicted octanol–water partition coefficient (Wildman–Crippen LogP) is 9.34. The topological polar surface area (TPSA) is 44.8 Å². The molecule has 0 amide bonds. The van der Waals surface area contributed by atoms with Gasteiger partial charge >= 0.3 is 5.97 Å². The van der Waals surface area contributed by atoms with Crippen molar-refractivity contribution in [3.8, 4) is 28.4 Å². The van der Waals surface area contributed by atoms with Crippen LogP contribution in [-0.2, 0) is 4.79 Å². The number of hydrogen-bond acceptors (Lipinski definition) is 4. The van der Waals surface area contributed by atoms with Crippen LogP contribution < -0.4 is 14.2 Å². The Labute approximate surface area is 246 Å². The van der Waals surface area contributed by atoms with E-state index in [2.05, 4.69) is 0 Å². The first-order valence-electron chi connectivity index (χ1n) is 14.3. The number of esters is 1. The fourth-order valence-corrected chi connectivity index (χ4v) is 4.70. The van der Waals surface area contributed by atoms with E-state index in [0.29, 0.717) is 18.4 Å². The maximum atomic E-state index is 15.2. The molecule has 0 saturated carbocycles. The number of halogens is 6. The Kier molecular flexibility index (Phi) is 10.8. The highest BCUT2D eigenvalue weighted by Gasteiger charge is 2.28. The van der Waals surface area contributed by atoms with Gasteiger partial charge in [-0.25, -0.2) is 13.2 Å². The normalized spacial score (nSPS) is 14.8. The fourth-order valence-electron chi connectivity index (χ4n) is 4.70. The third kappa shape index (κ3) is 7.17. The van der Waals surface area contributed by atoms with Gasteiger partial charge in [-0.2, -0.15) is 13.2 Å². The summed E-state index contributed by atoms with van der Waals surface area (Å²) in [6.07, 6.45) is 4.87. The van der Waals surface area contributed by atoms with Gasteiger partial charge in [-0.15, -0.1) is 0 Å². The summed E-state index contributed by atoms with van der Waals surface area (Å²) in [6.45, 7) is 4.24. The van der Waals surface area contributed by atoms with E-state index in [0.717, 1.165) is 31.0 Å². The van der Waals surface area contributed by atoms with E-state index >= 15 is 8.78 Å². The maximum Gasteiger partial charge on any atom is 0.314 e. The average Bonchev–Trinajstić information content (AvgIpc) is 3.01. The van der Waals surface area contributed by atoms with E-state index in [-0.39, 0.29) is 49.5 Å². The van der Waals surface area contributed by atoms with Gasteiger partial charge < -0.3 is 14.2 Å². The van der Waals surface area contributed by atoms with Gasteiger partial charge in [-0.3, -0.25) is 4.79 Å². The van der Waals surface area contributed by atoms with E-state index < -0.39 is 63.7 Å². The molecular formula is C33H32F6O4. The standard InChI is InChI=1S/C33H32F6O4/c1-3-5-17-41-24-14-13-23(29(36)30(24)37)22-12-11-21(27(34)28(22)35)19-7-9-20(10-8-19)33(40)43-26-16-15-25(31(38)32(26)39)42-18-6-4-2/h7,11-16,20H,3-6,8-10,17-18H2,1-2H3. The van der Waals surface area contributed by atoms with Gasteiger partial charge in [0.05, 0.1) is 19.1 Å². The molecular weight excluding hydrogens is 574 g/mol. The summed E-state index contributed by atoms with van der Waals surface area (Å²) in [4.78, 5) is 12.7. The highest BCUT2D eigenvalue weighted by atomic mass is 19.2. The zero-order chi connectivity index (χ0) is 31.1. The summed E-state index contributed by atoms with van der Waals surface area (Å²) < 4.78 is 104. The number of carbonyl (C=O) groups is 1. The molecule has 0 N–H and O–H groups in total. The van der Waals surface area contributed by atoms with E-state index in [9.17, 15) is 22.4 Å². The Bertz CT molecular complexity index is 1500.